The molecule has 18 heavy (non-hydrogen) atoms. The number of hydrogen-bond donors (Lipinski definition) is 1. The summed E-state index contributed by atoms with van der Waals surface area (Å²) in [7, 11) is 0. The standard InChI is InChI=1S/C15H22N2O/c1-2-9-17(13-5-6-13)11-15-8-7-14(18-15)10-16-12-3-4-12/h2,7-8,12-13,16H,1,3-6,9-11H2. The van der Waals surface area contributed by atoms with Crippen LogP contribution in [-0.4, -0.2) is 23.5 Å². The lowest BCUT2D eigenvalue weighted by Gasteiger charge is -2.18. The van der Waals surface area contributed by atoms with E-state index in [0.29, 0.717) is 0 Å². The first-order valence-corrected chi connectivity index (χ1v) is 7.01. The topological polar surface area (TPSA) is 28.4 Å². The molecule has 0 radical (unpaired) electrons. The Morgan fingerprint density at radius 2 is 2.06 bits per heavy atom. The minimum Gasteiger partial charge on any atom is -0.463 e. The first kappa shape index (κ1) is 12.0. The van der Waals surface area contributed by atoms with Gasteiger partial charge in [0.25, 0.3) is 0 Å². The zero-order chi connectivity index (χ0) is 12.4. The van der Waals surface area contributed by atoms with E-state index in [-0.39, 0.29) is 0 Å². The Labute approximate surface area is 109 Å². The van der Waals surface area contributed by atoms with Crippen molar-refractivity contribution in [2.45, 2.75) is 50.9 Å². The Kier molecular flexibility index (Phi) is 3.52. The quantitative estimate of drug-likeness (QED) is 0.715. The van der Waals surface area contributed by atoms with Crippen molar-refractivity contribution in [3.05, 3.63) is 36.3 Å². The van der Waals surface area contributed by atoms with E-state index in [9.17, 15) is 0 Å². The maximum absolute atomic E-state index is 5.88. The van der Waals surface area contributed by atoms with Gasteiger partial charge in [-0.25, -0.2) is 0 Å². The highest BCUT2D eigenvalue weighted by atomic mass is 16.3. The molecule has 2 aliphatic rings. The number of hydrogen-bond acceptors (Lipinski definition) is 3. The van der Waals surface area contributed by atoms with Crippen LogP contribution in [0.5, 0.6) is 0 Å². The Hall–Kier alpha value is -1.06. The summed E-state index contributed by atoms with van der Waals surface area (Å²) in [6.07, 6.45) is 7.27. The van der Waals surface area contributed by atoms with E-state index >= 15 is 0 Å². The van der Waals surface area contributed by atoms with Crippen molar-refractivity contribution in [1.82, 2.24) is 10.2 Å². The van der Waals surface area contributed by atoms with E-state index in [1.54, 1.807) is 0 Å². The van der Waals surface area contributed by atoms with Gasteiger partial charge in [0.05, 0.1) is 13.1 Å². The summed E-state index contributed by atoms with van der Waals surface area (Å²) in [5, 5.41) is 3.48. The second-order valence-electron chi connectivity index (χ2n) is 5.47. The minimum absolute atomic E-state index is 0.738. The van der Waals surface area contributed by atoms with Gasteiger partial charge in [-0.3, -0.25) is 4.90 Å². The van der Waals surface area contributed by atoms with Crippen LogP contribution in [0.4, 0.5) is 0 Å². The summed E-state index contributed by atoms with van der Waals surface area (Å²) in [6, 6.07) is 5.70. The van der Waals surface area contributed by atoms with E-state index < -0.39 is 0 Å². The zero-order valence-corrected chi connectivity index (χ0v) is 10.9. The molecule has 2 aliphatic carbocycles. The predicted molar refractivity (Wildman–Crippen MR) is 72.2 cm³/mol. The van der Waals surface area contributed by atoms with E-state index in [1.807, 2.05) is 6.08 Å². The highest BCUT2D eigenvalue weighted by molar-refractivity contribution is 5.08. The van der Waals surface area contributed by atoms with Gasteiger partial charge in [0.1, 0.15) is 11.5 Å². The van der Waals surface area contributed by atoms with Gasteiger partial charge in [-0.15, -0.1) is 6.58 Å². The molecule has 3 rings (SSSR count). The van der Waals surface area contributed by atoms with Crippen molar-refractivity contribution in [2.75, 3.05) is 6.54 Å². The Balaban J connectivity index is 1.52. The number of furan rings is 1. The van der Waals surface area contributed by atoms with Gasteiger partial charge in [0.2, 0.25) is 0 Å². The van der Waals surface area contributed by atoms with E-state index in [2.05, 4.69) is 28.9 Å². The van der Waals surface area contributed by atoms with Crippen molar-refractivity contribution < 1.29 is 4.42 Å². The second kappa shape index (κ2) is 5.29. The first-order valence-electron chi connectivity index (χ1n) is 7.01. The predicted octanol–water partition coefficient (Wildman–Crippen LogP) is 2.68. The molecule has 1 heterocycles. The third kappa shape index (κ3) is 3.24. The van der Waals surface area contributed by atoms with Crippen molar-refractivity contribution in [2.24, 2.45) is 0 Å². The van der Waals surface area contributed by atoms with Gasteiger partial charge in [0, 0.05) is 18.6 Å². The fourth-order valence-corrected chi connectivity index (χ4v) is 2.28. The van der Waals surface area contributed by atoms with E-state index in [4.69, 9.17) is 4.42 Å². The molecule has 0 atom stereocenters. The molecule has 2 saturated carbocycles. The van der Waals surface area contributed by atoms with Crippen LogP contribution < -0.4 is 5.32 Å². The van der Waals surface area contributed by atoms with E-state index in [0.717, 1.165) is 43.2 Å². The summed E-state index contributed by atoms with van der Waals surface area (Å²) in [4.78, 5) is 2.45. The highest BCUT2D eigenvalue weighted by Crippen LogP contribution is 2.28. The summed E-state index contributed by atoms with van der Waals surface area (Å²) >= 11 is 0. The largest absolute Gasteiger partial charge is 0.463 e. The van der Waals surface area contributed by atoms with Crippen LogP contribution in [0.3, 0.4) is 0 Å². The van der Waals surface area contributed by atoms with Gasteiger partial charge in [-0.1, -0.05) is 6.08 Å². The lowest BCUT2D eigenvalue weighted by molar-refractivity contribution is 0.254. The maximum atomic E-state index is 5.88. The van der Waals surface area contributed by atoms with Crippen molar-refractivity contribution >= 4 is 0 Å². The van der Waals surface area contributed by atoms with Crippen LogP contribution in [0.2, 0.25) is 0 Å². The molecule has 0 bridgehead atoms. The van der Waals surface area contributed by atoms with Gasteiger partial charge >= 0.3 is 0 Å². The lowest BCUT2D eigenvalue weighted by Crippen LogP contribution is -2.25. The zero-order valence-electron chi connectivity index (χ0n) is 10.9. The van der Waals surface area contributed by atoms with Gasteiger partial charge < -0.3 is 9.73 Å². The molecule has 98 valence electrons. The average Bonchev–Trinajstić information content (AvgIpc) is 3.27. The molecule has 1 N–H and O–H groups in total. The van der Waals surface area contributed by atoms with Crippen molar-refractivity contribution in [3.8, 4) is 0 Å². The number of rotatable bonds is 8. The number of nitrogens with zero attached hydrogens (tertiary/aromatic N) is 1. The Morgan fingerprint density at radius 1 is 1.28 bits per heavy atom. The summed E-state index contributed by atoms with van der Waals surface area (Å²) < 4.78 is 5.88. The molecule has 0 spiro atoms. The Morgan fingerprint density at radius 3 is 2.72 bits per heavy atom. The third-order valence-corrected chi connectivity index (χ3v) is 3.65. The van der Waals surface area contributed by atoms with Crippen molar-refractivity contribution in [1.29, 1.82) is 0 Å². The van der Waals surface area contributed by atoms with Crippen molar-refractivity contribution in [3.63, 3.8) is 0 Å². The molecule has 0 aromatic carbocycles. The molecule has 3 nitrogen and oxygen atoms in total. The van der Waals surface area contributed by atoms with Crippen LogP contribution in [0.25, 0.3) is 0 Å². The molecule has 2 fully saturated rings. The van der Waals surface area contributed by atoms with Gasteiger partial charge in [-0.2, -0.15) is 0 Å². The normalized spacial score (nSPS) is 19.4. The van der Waals surface area contributed by atoms with Crippen LogP contribution in [0, 0.1) is 0 Å². The molecule has 0 aliphatic heterocycles. The SMILES string of the molecule is C=CCN(Cc1ccc(CNC2CC2)o1)C1CC1. The fraction of sp³-hybridized carbons (Fsp3) is 0.600. The molecule has 1 aromatic rings. The monoisotopic (exact) mass is 246 g/mol. The maximum Gasteiger partial charge on any atom is 0.118 e. The average molecular weight is 246 g/mol. The molecule has 0 saturated heterocycles. The molecule has 1 aromatic heterocycles. The molecule has 3 heteroatoms. The van der Waals surface area contributed by atoms with E-state index in [1.165, 1.54) is 25.7 Å². The summed E-state index contributed by atoms with van der Waals surface area (Å²) in [6.45, 7) is 6.58. The molecular weight excluding hydrogens is 224 g/mol. The fourth-order valence-electron chi connectivity index (χ4n) is 2.28. The summed E-state index contributed by atoms with van der Waals surface area (Å²) in [5.74, 6) is 2.14. The van der Waals surface area contributed by atoms with Crippen LogP contribution >= 0.6 is 0 Å². The molecular formula is C15H22N2O. The highest BCUT2D eigenvalue weighted by Gasteiger charge is 2.28. The van der Waals surface area contributed by atoms with Crippen LogP contribution in [-0.2, 0) is 13.1 Å². The van der Waals surface area contributed by atoms with Gasteiger partial charge in [0.15, 0.2) is 0 Å². The van der Waals surface area contributed by atoms with Crippen LogP contribution in [0.1, 0.15) is 37.2 Å². The first-order chi connectivity index (χ1) is 8.85. The van der Waals surface area contributed by atoms with Gasteiger partial charge in [-0.05, 0) is 37.8 Å². The molecule has 0 amide bonds. The minimum atomic E-state index is 0.738. The van der Waals surface area contributed by atoms with Crippen LogP contribution in [0.15, 0.2) is 29.2 Å². The Bertz CT molecular complexity index is 404. The molecule has 0 unspecified atom stereocenters. The smallest absolute Gasteiger partial charge is 0.118 e. The lowest BCUT2D eigenvalue weighted by atomic mass is 10.3. The third-order valence-electron chi connectivity index (χ3n) is 3.65. The number of nitrogens with one attached hydrogen (secondary N) is 1. The second-order valence-corrected chi connectivity index (χ2v) is 5.47. The summed E-state index contributed by atoms with van der Waals surface area (Å²) in [5.41, 5.74) is 0.